The van der Waals surface area contributed by atoms with E-state index in [0.29, 0.717) is 5.56 Å². The molecule has 3 aliphatic rings. The first kappa shape index (κ1) is 28.0. The summed E-state index contributed by atoms with van der Waals surface area (Å²) in [4.78, 5) is 34.7. The molecule has 15 heteroatoms. The lowest BCUT2D eigenvalue weighted by Gasteiger charge is -2.39. The van der Waals surface area contributed by atoms with Gasteiger partial charge in [0.2, 0.25) is 18.0 Å². The molecule has 3 aliphatic heterocycles. The molecular formula is C24H26N2O13. The molecule has 0 aromatic heterocycles. The van der Waals surface area contributed by atoms with Gasteiger partial charge in [0.15, 0.2) is 17.7 Å². The minimum absolute atomic E-state index is 0.0965. The predicted octanol–water partition coefficient (Wildman–Crippen LogP) is -3.70. The van der Waals surface area contributed by atoms with Crippen molar-refractivity contribution in [3.8, 4) is 11.5 Å². The topological polar surface area (TPSA) is 249 Å². The zero-order valence-electron chi connectivity index (χ0n) is 20.1. The summed E-state index contributed by atoms with van der Waals surface area (Å²) in [7, 11) is 0. The van der Waals surface area contributed by atoms with Crippen LogP contribution in [0.5, 0.6) is 11.5 Å². The van der Waals surface area contributed by atoms with Crippen LogP contribution in [0.3, 0.4) is 0 Å². The molecule has 1 fully saturated rings. The van der Waals surface area contributed by atoms with Gasteiger partial charge in [-0.25, -0.2) is 9.59 Å². The maximum Gasteiger partial charge on any atom is 0.351 e. The van der Waals surface area contributed by atoms with Crippen molar-refractivity contribution in [1.29, 1.82) is 0 Å². The number of aliphatic carboxylic acids is 3. The number of rotatable bonds is 7. The zero-order chi connectivity index (χ0) is 28.6. The minimum atomic E-state index is -1.77. The number of allylic oxidation sites excluding steroid dienone is 2. The molecule has 1 aromatic carbocycles. The van der Waals surface area contributed by atoms with Gasteiger partial charge in [-0.15, -0.1) is 0 Å². The lowest BCUT2D eigenvalue weighted by molar-refractivity contribution is -0.475. The number of nitrogens with one attached hydrogen (secondary N) is 1. The molecule has 4 rings (SSSR count). The number of fused-ring (bicyclic) bond motifs is 1. The number of benzene rings is 1. The molecule has 0 aliphatic carbocycles. The molecule has 0 amide bonds. The Hall–Kier alpha value is -4.02. The second kappa shape index (κ2) is 11.0. The Morgan fingerprint density at radius 3 is 2.46 bits per heavy atom. The first-order valence-electron chi connectivity index (χ1n) is 11.7. The van der Waals surface area contributed by atoms with Gasteiger partial charge in [0.25, 0.3) is 0 Å². The molecule has 8 N–H and O–H groups in total. The van der Waals surface area contributed by atoms with E-state index in [0.717, 1.165) is 0 Å². The third kappa shape index (κ3) is 5.57. The van der Waals surface area contributed by atoms with E-state index in [1.807, 2.05) is 0 Å². The number of carboxylic acid groups (broad SMARTS) is 3. The largest absolute Gasteiger partial charge is 0.543 e. The normalized spacial score (nSPS) is 32.3. The maximum absolute atomic E-state index is 11.9. The van der Waals surface area contributed by atoms with Crippen molar-refractivity contribution in [2.75, 3.05) is 6.61 Å². The molecule has 1 saturated heterocycles. The molecule has 15 nitrogen and oxygen atoms in total. The van der Waals surface area contributed by atoms with E-state index >= 15 is 0 Å². The third-order valence-electron chi connectivity index (χ3n) is 6.63. The van der Waals surface area contributed by atoms with Gasteiger partial charge < -0.3 is 60.4 Å². The van der Waals surface area contributed by atoms with Crippen LogP contribution in [0.2, 0.25) is 0 Å². The highest BCUT2D eigenvalue weighted by atomic mass is 16.7. The Labute approximate surface area is 219 Å². The fraction of sp³-hybridized carbons (Fsp3) is 0.417. The molecule has 210 valence electrons. The fourth-order valence-electron chi connectivity index (χ4n) is 4.57. The molecule has 0 spiro atoms. The van der Waals surface area contributed by atoms with Crippen LogP contribution in [0.15, 0.2) is 35.6 Å². The van der Waals surface area contributed by atoms with Crippen molar-refractivity contribution in [3.63, 3.8) is 0 Å². The summed E-state index contributed by atoms with van der Waals surface area (Å²) >= 11 is 0. The van der Waals surface area contributed by atoms with Crippen molar-refractivity contribution in [2.24, 2.45) is 0 Å². The van der Waals surface area contributed by atoms with Gasteiger partial charge in [0.1, 0.15) is 42.1 Å². The van der Waals surface area contributed by atoms with Crippen LogP contribution in [-0.4, -0.2) is 114 Å². The van der Waals surface area contributed by atoms with Crippen LogP contribution in [0.25, 0.3) is 0 Å². The Bertz CT molecular complexity index is 1270. The second-order valence-electron chi connectivity index (χ2n) is 9.20. The summed E-state index contributed by atoms with van der Waals surface area (Å²) in [6, 6.07) is -0.0120. The quantitative estimate of drug-likeness (QED) is 0.152. The number of nitrogens with zero attached hydrogens (tertiary/aromatic N) is 1. The van der Waals surface area contributed by atoms with Crippen LogP contribution in [0.1, 0.15) is 12.0 Å². The second-order valence-corrected chi connectivity index (χ2v) is 9.20. The summed E-state index contributed by atoms with van der Waals surface area (Å²) in [6.07, 6.45) is -4.35. The lowest BCUT2D eigenvalue weighted by Crippen LogP contribution is -2.60. The third-order valence-corrected chi connectivity index (χ3v) is 6.63. The van der Waals surface area contributed by atoms with Gasteiger partial charge in [-0.2, -0.15) is 4.58 Å². The summed E-state index contributed by atoms with van der Waals surface area (Å²) in [5.74, 6) is -4.87. The number of aliphatic hydroxyl groups is 4. The number of hydrogen-bond acceptors (Lipinski definition) is 12. The monoisotopic (exact) mass is 550 g/mol. The standard InChI is InChI=1S/C24H26N2O13/c27-8-17-18(29)19(30)20(31)24(39-17)38-16-7-13-10(6-15(16)28)5-14(23(36)37)26(13)2-1-9-3-11(21(32)33)25-12(4-9)22(34)35/h1-3,6-7,12,14,17-20,24,27,29-31H,4-5,8H2,(H4,28,32,33,34,35,36,37)/t12-,14-,17+,18-,19+,20-,24-/m1/s1. The van der Waals surface area contributed by atoms with Gasteiger partial charge in [0.05, 0.1) is 12.7 Å². The van der Waals surface area contributed by atoms with Gasteiger partial charge in [0, 0.05) is 24.5 Å². The number of phenols is 1. The number of aromatic hydroxyl groups is 1. The number of aliphatic hydroxyl groups excluding tert-OH is 4. The molecule has 3 heterocycles. The smallest absolute Gasteiger partial charge is 0.351 e. The van der Waals surface area contributed by atoms with Crippen molar-refractivity contribution in [2.45, 2.75) is 55.6 Å². The molecule has 0 radical (unpaired) electrons. The van der Waals surface area contributed by atoms with E-state index in [2.05, 4.69) is 5.32 Å². The predicted molar refractivity (Wildman–Crippen MR) is 124 cm³/mol. The Kier molecular flexibility index (Phi) is 7.89. The zero-order valence-corrected chi connectivity index (χ0v) is 20.1. The van der Waals surface area contributed by atoms with Crippen molar-refractivity contribution >= 4 is 29.8 Å². The molecule has 0 saturated carbocycles. The van der Waals surface area contributed by atoms with Crippen molar-refractivity contribution < 1.29 is 69.3 Å². The number of carbonyl (C=O) groups excluding carboxylic acids is 1. The SMILES string of the molecule is O=C(O)C1=C/C(=C\C=[N+]2c3cc(O[C@@H]4O[C@@H](CO)[C@@H](O)[C@H](O)[C@H]4O)c(O)cc3C[C@@H]2C(=O)[O-])C[C@H](C(=O)O)N1. The van der Waals surface area contributed by atoms with E-state index in [4.69, 9.17) is 9.47 Å². The highest BCUT2D eigenvalue weighted by molar-refractivity contribution is 5.89. The van der Waals surface area contributed by atoms with Gasteiger partial charge in [-0.1, -0.05) is 0 Å². The molecule has 7 atom stereocenters. The maximum atomic E-state index is 11.9. The fourth-order valence-corrected chi connectivity index (χ4v) is 4.57. The van der Waals surface area contributed by atoms with Crippen LogP contribution in [0.4, 0.5) is 5.69 Å². The molecular weight excluding hydrogens is 524 g/mol. The summed E-state index contributed by atoms with van der Waals surface area (Å²) in [5.41, 5.74) is 0.518. The van der Waals surface area contributed by atoms with Crippen molar-refractivity contribution in [1.82, 2.24) is 5.32 Å². The molecule has 39 heavy (non-hydrogen) atoms. The van der Waals surface area contributed by atoms with Crippen molar-refractivity contribution in [3.05, 3.63) is 41.1 Å². The highest BCUT2D eigenvalue weighted by Gasteiger charge is 2.45. The van der Waals surface area contributed by atoms with Gasteiger partial charge in [-0.3, -0.25) is 0 Å². The van der Waals surface area contributed by atoms with Gasteiger partial charge >= 0.3 is 11.9 Å². The van der Waals surface area contributed by atoms with E-state index < -0.39 is 73.1 Å². The van der Waals surface area contributed by atoms with Crippen LogP contribution < -0.4 is 15.2 Å². The van der Waals surface area contributed by atoms with Crippen LogP contribution in [0, 0.1) is 0 Å². The number of hydrogen-bond donors (Lipinski definition) is 8. The average Bonchev–Trinajstić information content (AvgIpc) is 3.24. The van der Waals surface area contributed by atoms with E-state index in [1.54, 1.807) is 0 Å². The molecule has 0 unspecified atom stereocenters. The Balaban J connectivity index is 1.69. The Morgan fingerprint density at radius 2 is 1.85 bits per heavy atom. The summed E-state index contributed by atoms with van der Waals surface area (Å²) < 4.78 is 12.1. The average molecular weight is 550 g/mol. The van der Waals surface area contributed by atoms with Crippen LogP contribution >= 0.6 is 0 Å². The van der Waals surface area contributed by atoms with Gasteiger partial charge in [-0.05, 0) is 17.7 Å². The number of carboxylic acids is 3. The minimum Gasteiger partial charge on any atom is -0.543 e. The number of ether oxygens (including phenoxy) is 2. The first-order valence-corrected chi connectivity index (χ1v) is 11.7. The van der Waals surface area contributed by atoms with Crippen LogP contribution in [-0.2, 0) is 25.5 Å². The van der Waals surface area contributed by atoms with E-state index in [-0.39, 0.29) is 35.5 Å². The highest BCUT2D eigenvalue weighted by Crippen LogP contribution is 2.40. The lowest BCUT2D eigenvalue weighted by atomic mass is 9.99. The van der Waals surface area contributed by atoms with E-state index in [1.165, 1.54) is 35.1 Å². The Morgan fingerprint density at radius 1 is 1.13 bits per heavy atom. The first-order chi connectivity index (χ1) is 18.4. The summed E-state index contributed by atoms with van der Waals surface area (Å²) in [6.45, 7) is -0.706. The summed E-state index contributed by atoms with van der Waals surface area (Å²) in [5, 5.41) is 83.0. The number of carbonyl (C=O) groups is 3. The number of phenolic OH excluding ortho intramolecular Hbond substituents is 1. The molecule has 1 aromatic rings. The molecule has 0 bridgehead atoms. The van der Waals surface area contributed by atoms with E-state index in [9.17, 15) is 55.2 Å².